The second-order valence-electron chi connectivity index (χ2n) is 6.19. The number of benzene rings is 1. The molecule has 1 aliphatic carbocycles. The molecule has 22 heavy (non-hydrogen) atoms. The van der Waals surface area contributed by atoms with Crippen LogP contribution in [0.4, 0.5) is 0 Å². The van der Waals surface area contributed by atoms with Crippen molar-refractivity contribution in [2.45, 2.75) is 51.1 Å². The van der Waals surface area contributed by atoms with Crippen molar-refractivity contribution in [1.29, 1.82) is 0 Å². The molecule has 2 rings (SSSR count). The number of amides is 1. The maximum atomic E-state index is 12.3. The van der Waals surface area contributed by atoms with E-state index < -0.39 is 0 Å². The van der Waals surface area contributed by atoms with Crippen LogP contribution in [0.15, 0.2) is 30.3 Å². The van der Waals surface area contributed by atoms with Gasteiger partial charge in [-0.2, -0.15) is 0 Å². The van der Waals surface area contributed by atoms with Gasteiger partial charge in [0.25, 0.3) is 0 Å². The molecule has 122 valence electrons. The van der Waals surface area contributed by atoms with Gasteiger partial charge in [0.2, 0.25) is 5.91 Å². The van der Waals surface area contributed by atoms with Crippen LogP contribution in [0.1, 0.15) is 50.6 Å². The van der Waals surface area contributed by atoms with Gasteiger partial charge in [-0.15, -0.1) is 0 Å². The standard InChI is InChI=1S/C18H28N2O2/c1-15(16-8-4-2-5-9-16)19-18(22)14-20(12-13-21)17-10-6-3-7-11-17/h2,4-5,8-9,15,17,21H,3,6-7,10-14H2,1H3,(H,19,22). The summed E-state index contributed by atoms with van der Waals surface area (Å²) in [4.78, 5) is 14.5. The Labute approximate surface area is 133 Å². The van der Waals surface area contributed by atoms with E-state index in [-0.39, 0.29) is 18.6 Å². The molecule has 1 saturated carbocycles. The average Bonchev–Trinajstić information content (AvgIpc) is 2.56. The largest absolute Gasteiger partial charge is 0.395 e. The normalized spacial score (nSPS) is 17.4. The van der Waals surface area contributed by atoms with Crippen LogP contribution in [0.3, 0.4) is 0 Å². The average molecular weight is 304 g/mol. The van der Waals surface area contributed by atoms with Crippen LogP contribution in [0.2, 0.25) is 0 Å². The van der Waals surface area contributed by atoms with Gasteiger partial charge in [0.15, 0.2) is 0 Å². The lowest BCUT2D eigenvalue weighted by molar-refractivity contribution is -0.123. The summed E-state index contributed by atoms with van der Waals surface area (Å²) >= 11 is 0. The molecule has 0 aromatic heterocycles. The van der Waals surface area contributed by atoms with Crippen molar-refractivity contribution in [2.75, 3.05) is 19.7 Å². The highest BCUT2D eigenvalue weighted by atomic mass is 16.3. The highest BCUT2D eigenvalue weighted by Gasteiger charge is 2.23. The lowest BCUT2D eigenvalue weighted by Crippen LogP contribution is -2.45. The predicted molar refractivity (Wildman–Crippen MR) is 88.5 cm³/mol. The van der Waals surface area contributed by atoms with Gasteiger partial charge in [-0.25, -0.2) is 0 Å². The molecule has 0 aliphatic heterocycles. The first kappa shape index (κ1) is 17.0. The van der Waals surface area contributed by atoms with E-state index in [4.69, 9.17) is 0 Å². The highest BCUT2D eigenvalue weighted by Crippen LogP contribution is 2.22. The van der Waals surface area contributed by atoms with Crippen LogP contribution in [-0.4, -0.2) is 41.7 Å². The quantitative estimate of drug-likeness (QED) is 0.814. The number of aliphatic hydroxyl groups is 1. The van der Waals surface area contributed by atoms with E-state index in [1.54, 1.807) is 0 Å². The summed E-state index contributed by atoms with van der Waals surface area (Å²) in [5.74, 6) is 0.0374. The van der Waals surface area contributed by atoms with Gasteiger partial charge in [0, 0.05) is 12.6 Å². The van der Waals surface area contributed by atoms with Crippen LogP contribution >= 0.6 is 0 Å². The molecule has 1 unspecified atom stereocenters. The van der Waals surface area contributed by atoms with Gasteiger partial charge in [-0.3, -0.25) is 9.69 Å². The molecule has 0 heterocycles. The minimum absolute atomic E-state index is 0.0102. The van der Waals surface area contributed by atoms with Gasteiger partial charge in [0.1, 0.15) is 0 Å². The lowest BCUT2D eigenvalue weighted by Gasteiger charge is -2.33. The first-order valence-electron chi connectivity index (χ1n) is 8.40. The molecule has 1 amide bonds. The zero-order valence-electron chi connectivity index (χ0n) is 13.5. The summed E-state index contributed by atoms with van der Waals surface area (Å²) < 4.78 is 0. The lowest BCUT2D eigenvalue weighted by atomic mass is 9.94. The monoisotopic (exact) mass is 304 g/mol. The number of hydrogen-bond acceptors (Lipinski definition) is 3. The molecule has 1 atom stereocenters. The molecule has 1 fully saturated rings. The van der Waals surface area contributed by atoms with E-state index in [1.807, 2.05) is 37.3 Å². The van der Waals surface area contributed by atoms with Crippen molar-refractivity contribution in [3.05, 3.63) is 35.9 Å². The van der Waals surface area contributed by atoms with Gasteiger partial charge in [0.05, 0.1) is 19.2 Å². The van der Waals surface area contributed by atoms with Gasteiger partial charge in [-0.05, 0) is 25.3 Å². The molecule has 4 nitrogen and oxygen atoms in total. The fourth-order valence-corrected chi connectivity index (χ4v) is 3.26. The Hall–Kier alpha value is -1.39. The van der Waals surface area contributed by atoms with Crippen molar-refractivity contribution < 1.29 is 9.90 Å². The third-order valence-corrected chi connectivity index (χ3v) is 4.50. The van der Waals surface area contributed by atoms with Crippen LogP contribution in [0.5, 0.6) is 0 Å². The Morgan fingerprint density at radius 3 is 2.59 bits per heavy atom. The first-order valence-corrected chi connectivity index (χ1v) is 8.40. The number of carbonyl (C=O) groups is 1. The van der Waals surface area contributed by atoms with Crippen LogP contribution in [0, 0.1) is 0 Å². The van der Waals surface area contributed by atoms with E-state index in [9.17, 15) is 9.90 Å². The molecule has 1 aromatic rings. The number of aliphatic hydroxyl groups excluding tert-OH is 1. The molecule has 0 spiro atoms. The maximum Gasteiger partial charge on any atom is 0.234 e. The van der Waals surface area contributed by atoms with Gasteiger partial charge >= 0.3 is 0 Å². The van der Waals surface area contributed by atoms with Crippen molar-refractivity contribution in [2.24, 2.45) is 0 Å². The van der Waals surface area contributed by atoms with Crippen LogP contribution < -0.4 is 5.32 Å². The Morgan fingerprint density at radius 1 is 1.27 bits per heavy atom. The van der Waals surface area contributed by atoms with E-state index >= 15 is 0 Å². The Morgan fingerprint density at radius 2 is 1.95 bits per heavy atom. The summed E-state index contributed by atoms with van der Waals surface area (Å²) in [5, 5.41) is 12.3. The number of nitrogens with zero attached hydrogens (tertiary/aromatic N) is 1. The molecule has 1 aliphatic rings. The van der Waals surface area contributed by atoms with E-state index in [1.165, 1.54) is 19.3 Å². The second-order valence-corrected chi connectivity index (χ2v) is 6.19. The molecule has 0 saturated heterocycles. The summed E-state index contributed by atoms with van der Waals surface area (Å²) in [6.07, 6.45) is 6.03. The van der Waals surface area contributed by atoms with E-state index in [0.29, 0.717) is 19.1 Å². The van der Waals surface area contributed by atoms with E-state index in [0.717, 1.165) is 18.4 Å². The third kappa shape index (κ3) is 5.11. The Bertz CT molecular complexity index is 444. The SMILES string of the molecule is CC(NC(=O)CN(CCO)C1CCCCC1)c1ccccc1. The molecular weight excluding hydrogens is 276 g/mol. The first-order chi connectivity index (χ1) is 10.7. The molecule has 2 N–H and O–H groups in total. The Kier molecular flexibility index (Phi) is 6.87. The molecule has 1 aromatic carbocycles. The van der Waals surface area contributed by atoms with E-state index in [2.05, 4.69) is 10.2 Å². The summed E-state index contributed by atoms with van der Waals surface area (Å²) in [7, 11) is 0. The topological polar surface area (TPSA) is 52.6 Å². The number of hydrogen-bond donors (Lipinski definition) is 2. The Balaban J connectivity index is 1.87. The fraction of sp³-hybridized carbons (Fsp3) is 0.611. The molecular formula is C18H28N2O2. The maximum absolute atomic E-state index is 12.3. The molecule has 0 radical (unpaired) electrons. The van der Waals surface area contributed by atoms with Gasteiger partial charge in [-0.1, -0.05) is 49.6 Å². The van der Waals surface area contributed by atoms with Crippen molar-refractivity contribution in [3.63, 3.8) is 0 Å². The molecule has 0 bridgehead atoms. The summed E-state index contributed by atoms with van der Waals surface area (Å²) in [5.41, 5.74) is 1.11. The van der Waals surface area contributed by atoms with Gasteiger partial charge < -0.3 is 10.4 Å². The fourth-order valence-electron chi connectivity index (χ4n) is 3.26. The number of rotatable bonds is 7. The number of carbonyl (C=O) groups excluding carboxylic acids is 1. The minimum atomic E-state index is 0.0102. The zero-order chi connectivity index (χ0) is 15.8. The van der Waals surface area contributed by atoms with Crippen LogP contribution in [-0.2, 0) is 4.79 Å². The van der Waals surface area contributed by atoms with Crippen molar-refractivity contribution in [1.82, 2.24) is 10.2 Å². The third-order valence-electron chi connectivity index (χ3n) is 4.50. The second kappa shape index (κ2) is 8.91. The number of nitrogens with one attached hydrogen (secondary N) is 1. The van der Waals surface area contributed by atoms with Crippen molar-refractivity contribution >= 4 is 5.91 Å². The smallest absolute Gasteiger partial charge is 0.234 e. The summed E-state index contributed by atoms with van der Waals surface area (Å²) in [6, 6.07) is 10.4. The zero-order valence-corrected chi connectivity index (χ0v) is 13.5. The summed E-state index contributed by atoms with van der Waals surface area (Å²) in [6.45, 7) is 3.07. The molecule has 4 heteroatoms. The highest BCUT2D eigenvalue weighted by molar-refractivity contribution is 5.78. The minimum Gasteiger partial charge on any atom is -0.395 e. The van der Waals surface area contributed by atoms with Crippen molar-refractivity contribution in [3.8, 4) is 0 Å². The predicted octanol–water partition coefficient (Wildman–Crippen LogP) is 2.49. The van der Waals surface area contributed by atoms with Crippen LogP contribution in [0.25, 0.3) is 0 Å².